The van der Waals surface area contributed by atoms with Crippen molar-refractivity contribution in [2.45, 2.75) is 6.18 Å². The van der Waals surface area contributed by atoms with E-state index in [-0.39, 0.29) is 22.9 Å². The summed E-state index contributed by atoms with van der Waals surface area (Å²) in [7, 11) is 0. The third kappa shape index (κ3) is 3.67. The Bertz CT molecular complexity index is 1270. The second kappa shape index (κ2) is 7.47. The maximum absolute atomic E-state index is 13.5. The molecule has 30 heavy (non-hydrogen) atoms. The molecule has 4 aromatic rings. The number of aromatic nitrogens is 2. The van der Waals surface area contributed by atoms with Crippen LogP contribution in [0.4, 0.5) is 24.7 Å². The highest BCUT2D eigenvalue weighted by Crippen LogP contribution is 2.38. The fourth-order valence-corrected chi connectivity index (χ4v) is 3.16. The molecule has 0 aliphatic rings. The molecule has 8 heteroatoms. The SMILES string of the molecule is N/C(=N\c1nc(-c2ccccc2C(F)(F)F)cc2cnccc12)c1ccccc1N. The molecule has 0 atom stereocenters. The number of pyridine rings is 2. The fourth-order valence-electron chi connectivity index (χ4n) is 3.16. The second-order valence-corrected chi connectivity index (χ2v) is 6.56. The molecule has 4 N–H and O–H groups in total. The Morgan fingerprint density at radius 3 is 2.47 bits per heavy atom. The van der Waals surface area contributed by atoms with E-state index >= 15 is 0 Å². The van der Waals surface area contributed by atoms with Gasteiger partial charge in [0.25, 0.3) is 0 Å². The third-order valence-corrected chi connectivity index (χ3v) is 4.58. The van der Waals surface area contributed by atoms with Gasteiger partial charge in [0.15, 0.2) is 5.82 Å². The van der Waals surface area contributed by atoms with Crippen LogP contribution in [0.1, 0.15) is 11.1 Å². The van der Waals surface area contributed by atoms with Gasteiger partial charge in [-0.05, 0) is 30.3 Å². The van der Waals surface area contributed by atoms with E-state index in [9.17, 15) is 13.2 Å². The van der Waals surface area contributed by atoms with E-state index in [2.05, 4.69) is 15.0 Å². The fraction of sp³-hybridized carbons (Fsp3) is 0.0455. The summed E-state index contributed by atoms with van der Waals surface area (Å²) in [5.74, 6) is 0.294. The van der Waals surface area contributed by atoms with Crippen LogP contribution in [0.15, 0.2) is 78.0 Å². The largest absolute Gasteiger partial charge is 0.417 e. The highest BCUT2D eigenvalue weighted by Gasteiger charge is 2.33. The number of halogens is 3. The lowest BCUT2D eigenvalue weighted by atomic mass is 10.0. The van der Waals surface area contributed by atoms with E-state index in [1.807, 2.05) is 0 Å². The molecule has 150 valence electrons. The van der Waals surface area contributed by atoms with Gasteiger partial charge >= 0.3 is 6.18 Å². The Morgan fingerprint density at radius 1 is 0.967 bits per heavy atom. The van der Waals surface area contributed by atoms with Crippen molar-refractivity contribution in [1.82, 2.24) is 9.97 Å². The molecule has 0 saturated carbocycles. The number of anilines is 1. The summed E-state index contributed by atoms with van der Waals surface area (Å²) in [5, 5.41) is 1.20. The number of aliphatic imine (C=N–C) groups is 1. The van der Waals surface area contributed by atoms with Gasteiger partial charge in [-0.25, -0.2) is 9.98 Å². The molecule has 0 saturated heterocycles. The first-order valence-corrected chi connectivity index (χ1v) is 8.95. The van der Waals surface area contributed by atoms with Crippen molar-refractivity contribution >= 4 is 28.1 Å². The maximum atomic E-state index is 13.5. The molecule has 0 bridgehead atoms. The number of rotatable bonds is 3. The van der Waals surface area contributed by atoms with Gasteiger partial charge in [-0.3, -0.25) is 4.98 Å². The van der Waals surface area contributed by atoms with Gasteiger partial charge in [-0.1, -0.05) is 30.3 Å². The van der Waals surface area contributed by atoms with Crippen LogP contribution in [0.2, 0.25) is 0 Å². The summed E-state index contributed by atoms with van der Waals surface area (Å²) >= 11 is 0. The molecule has 0 spiro atoms. The number of nitrogen functional groups attached to an aromatic ring is 1. The Labute approximate surface area is 169 Å². The molecule has 0 amide bonds. The van der Waals surface area contributed by atoms with Gasteiger partial charge < -0.3 is 11.5 Å². The van der Waals surface area contributed by atoms with Crippen LogP contribution in [-0.4, -0.2) is 15.8 Å². The topological polar surface area (TPSA) is 90.2 Å². The van der Waals surface area contributed by atoms with Crippen LogP contribution in [0.5, 0.6) is 0 Å². The summed E-state index contributed by atoms with van der Waals surface area (Å²) in [6.45, 7) is 0. The summed E-state index contributed by atoms with van der Waals surface area (Å²) in [5.41, 5.74) is 12.3. The van der Waals surface area contributed by atoms with E-state index < -0.39 is 11.7 Å². The molecular formula is C22H16F3N5. The number of nitrogens with zero attached hydrogens (tertiary/aromatic N) is 3. The van der Waals surface area contributed by atoms with Crippen LogP contribution >= 0.6 is 0 Å². The molecule has 0 unspecified atom stereocenters. The lowest BCUT2D eigenvalue weighted by Gasteiger charge is -2.13. The number of fused-ring (bicyclic) bond motifs is 1. The van der Waals surface area contributed by atoms with Crippen LogP contribution in [0, 0.1) is 0 Å². The van der Waals surface area contributed by atoms with Gasteiger partial charge in [0.1, 0.15) is 5.84 Å². The molecule has 2 heterocycles. The molecule has 0 radical (unpaired) electrons. The first kappa shape index (κ1) is 19.4. The van der Waals surface area contributed by atoms with Gasteiger partial charge in [0.2, 0.25) is 0 Å². The van der Waals surface area contributed by atoms with E-state index in [0.717, 1.165) is 6.07 Å². The van der Waals surface area contributed by atoms with Crippen LogP contribution in [0.3, 0.4) is 0 Å². The average Bonchev–Trinajstić information content (AvgIpc) is 2.73. The van der Waals surface area contributed by atoms with Crippen LogP contribution in [-0.2, 0) is 6.18 Å². The molecule has 2 aromatic heterocycles. The summed E-state index contributed by atoms with van der Waals surface area (Å²) in [4.78, 5) is 12.9. The van der Waals surface area contributed by atoms with Crippen molar-refractivity contribution in [3.8, 4) is 11.3 Å². The predicted octanol–water partition coefficient (Wildman–Crippen LogP) is 4.93. The first-order chi connectivity index (χ1) is 14.3. The molecule has 2 aromatic carbocycles. The van der Waals surface area contributed by atoms with Crippen molar-refractivity contribution in [3.63, 3.8) is 0 Å². The van der Waals surface area contributed by atoms with Crippen LogP contribution in [0.25, 0.3) is 22.0 Å². The Morgan fingerprint density at radius 2 is 1.70 bits per heavy atom. The maximum Gasteiger partial charge on any atom is 0.417 e. The van der Waals surface area contributed by atoms with Crippen molar-refractivity contribution in [2.24, 2.45) is 10.7 Å². The van der Waals surface area contributed by atoms with E-state index in [1.54, 1.807) is 48.8 Å². The predicted molar refractivity (Wildman–Crippen MR) is 111 cm³/mol. The highest BCUT2D eigenvalue weighted by molar-refractivity contribution is 6.05. The zero-order chi connectivity index (χ0) is 21.3. The monoisotopic (exact) mass is 407 g/mol. The quantitative estimate of drug-likeness (QED) is 0.286. The van der Waals surface area contributed by atoms with Gasteiger partial charge in [-0.15, -0.1) is 0 Å². The van der Waals surface area contributed by atoms with E-state index in [1.165, 1.54) is 18.2 Å². The number of alkyl halides is 3. The number of hydrogen-bond donors (Lipinski definition) is 2. The van der Waals surface area contributed by atoms with Gasteiger partial charge in [0.05, 0.1) is 11.3 Å². The summed E-state index contributed by atoms with van der Waals surface area (Å²) in [6, 6.07) is 15.4. The van der Waals surface area contributed by atoms with E-state index in [0.29, 0.717) is 22.0 Å². The smallest absolute Gasteiger partial charge is 0.398 e. The zero-order valence-electron chi connectivity index (χ0n) is 15.6. The van der Waals surface area contributed by atoms with E-state index in [4.69, 9.17) is 11.5 Å². The number of amidine groups is 1. The molecule has 0 aliphatic carbocycles. The Kier molecular flexibility index (Phi) is 4.83. The average molecular weight is 407 g/mol. The second-order valence-electron chi connectivity index (χ2n) is 6.56. The highest BCUT2D eigenvalue weighted by atomic mass is 19.4. The molecular weight excluding hydrogens is 391 g/mol. The minimum atomic E-state index is -4.52. The lowest BCUT2D eigenvalue weighted by molar-refractivity contribution is -0.137. The number of hydrogen-bond acceptors (Lipinski definition) is 4. The van der Waals surface area contributed by atoms with Gasteiger partial charge in [0, 0.05) is 40.0 Å². The normalized spacial score (nSPS) is 12.3. The zero-order valence-corrected chi connectivity index (χ0v) is 15.6. The minimum Gasteiger partial charge on any atom is -0.398 e. The van der Waals surface area contributed by atoms with Gasteiger partial charge in [-0.2, -0.15) is 13.2 Å². The molecule has 0 fully saturated rings. The summed E-state index contributed by atoms with van der Waals surface area (Å²) in [6.07, 6.45) is -1.43. The first-order valence-electron chi connectivity index (χ1n) is 8.95. The van der Waals surface area contributed by atoms with Crippen molar-refractivity contribution in [2.75, 3.05) is 5.73 Å². The number of nitrogens with two attached hydrogens (primary N) is 2. The molecule has 0 aliphatic heterocycles. The minimum absolute atomic E-state index is 0.0509. The summed E-state index contributed by atoms with van der Waals surface area (Å²) < 4.78 is 40.6. The van der Waals surface area contributed by atoms with Crippen molar-refractivity contribution in [3.05, 3.63) is 84.2 Å². The number of para-hydroxylation sites is 1. The standard InChI is InChI=1S/C22H16F3N5/c23-22(24,25)17-7-3-1-5-15(17)19-11-13-12-28-10-9-14(13)21(29-19)30-20(27)16-6-2-4-8-18(16)26/h1-12H,26H2,(H2,27,29,30). The number of benzene rings is 2. The lowest BCUT2D eigenvalue weighted by Crippen LogP contribution is -2.15. The van der Waals surface area contributed by atoms with Crippen molar-refractivity contribution < 1.29 is 13.2 Å². The Hall–Kier alpha value is -3.94. The van der Waals surface area contributed by atoms with Crippen molar-refractivity contribution in [1.29, 1.82) is 0 Å². The Balaban J connectivity index is 1.95. The molecule has 5 nitrogen and oxygen atoms in total. The van der Waals surface area contributed by atoms with Crippen LogP contribution < -0.4 is 11.5 Å². The third-order valence-electron chi connectivity index (χ3n) is 4.58. The molecule has 4 rings (SSSR count).